The smallest absolute Gasteiger partial charge is 0.319 e. The Morgan fingerprint density at radius 3 is 2.29 bits per heavy atom. The van der Waals surface area contributed by atoms with Crippen LogP contribution in [-0.2, 0) is 0 Å². The van der Waals surface area contributed by atoms with Crippen LogP contribution in [0.15, 0.2) is 24.3 Å². The number of anilines is 1. The molecule has 5 heteroatoms. The molecule has 1 rings (SSSR count). The van der Waals surface area contributed by atoms with Crippen molar-refractivity contribution in [2.75, 3.05) is 11.9 Å². The topological polar surface area (TPSA) is 70.6 Å². The highest BCUT2D eigenvalue weighted by Crippen LogP contribution is 2.17. The summed E-state index contributed by atoms with van der Waals surface area (Å²) in [7, 11) is 0. The number of hydrogen-bond donors (Lipinski definition) is 3. The molecule has 118 valence electrons. The summed E-state index contributed by atoms with van der Waals surface area (Å²) in [6.07, 6.45) is 0.116. The predicted molar refractivity (Wildman–Crippen MR) is 84.7 cm³/mol. The van der Waals surface area contributed by atoms with Crippen LogP contribution >= 0.6 is 0 Å². The maximum atomic E-state index is 11.8. The van der Waals surface area contributed by atoms with Gasteiger partial charge in [-0.15, -0.1) is 0 Å². The monoisotopic (exact) mass is 294 g/mol. The molecule has 3 N–H and O–H groups in total. The maximum absolute atomic E-state index is 11.8. The molecule has 0 spiro atoms. The van der Waals surface area contributed by atoms with Crippen molar-refractivity contribution in [3.8, 4) is 5.75 Å². The molecule has 0 aliphatic heterocycles. The van der Waals surface area contributed by atoms with Gasteiger partial charge in [0.1, 0.15) is 5.75 Å². The van der Waals surface area contributed by atoms with Crippen molar-refractivity contribution in [3.05, 3.63) is 24.3 Å². The molecule has 1 unspecified atom stereocenters. The molecule has 0 bridgehead atoms. The standard InChI is InChI=1S/C16H26N2O3/c1-11(2)16(5,20)10-17-15(19)18-13-6-8-14(9-7-13)21-12(3)4/h6-9,11-12,20H,10H2,1-5H3,(H2,17,18,19). The van der Waals surface area contributed by atoms with Gasteiger partial charge in [-0.05, 0) is 51.0 Å². The lowest BCUT2D eigenvalue weighted by atomic mass is 9.93. The van der Waals surface area contributed by atoms with Gasteiger partial charge in [-0.25, -0.2) is 4.79 Å². The van der Waals surface area contributed by atoms with E-state index in [2.05, 4.69) is 10.6 Å². The molecule has 1 atom stereocenters. The van der Waals surface area contributed by atoms with Gasteiger partial charge in [-0.2, -0.15) is 0 Å². The Balaban J connectivity index is 2.48. The van der Waals surface area contributed by atoms with Gasteiger partial charge in [0, 0.05) is 12.2 Å². The van der Waals surface area contributed by atoms with Crippen LogP contribution in [0.1, 0.15) is 34.6 Å². The van der Waals surface area contributed by atoms with E-state index in [9.17, 15) is 9.90 Å². The highest BCUT2D eigenvalue weighted by Gasteiger charge is 2.25. The Bertz CT molecular complexity index is 453. The number of urea groups is 1. The summed E-state index contributed by atoms with van der Waals surface area (Å²) in [6, 6.07) is 6.82. The zero-order valence-corrected chi connectivity index (χ0v) is 13.4. The second-order valence-electron chi connectivity index (χ2n) is 6.01. The molecule has 5 nitrogen and oxygen atoms in total. The molecule has 1 aromatic carbocycles. The van der Waals surface area contributed by atoms with Crippen molar-refractivity contribution in [2.45, 2.75) is 46.3 Å². The lowest BCUT2D eigenvalue weighted by molar-refractivity contribution is 0.0170. The molecule has 2 amide bonds. The van der Waals surface area contributed by atoms with E-state index >= 15 is 0 Å². The highest BCUT2D eigenvalue weighted by atomic mass is 16.5. The first-order valence-electron chi connectivity index (χ1n) is 7.24. The van der Waals surface area contributed by atoms with E-state index in [0.29, 0.717) is 5.69 Å². The number of aliphatic hydroxyl groups is 1. The van der Waals surface area contributed by atoms with Crippen LogP contribution in [0.3, 0.4) is 0 Å². The zero-order valence-electron chi connectivity index (χ0n) is 13.4. The van der Waals surface area contributed by atoms with E-state index in [0.717, 1.165) is 5.75 Å². The maximum Gasteiger partial charge on any atom is 0.319 e. The Hall–Kier alpha value is -1.75. The molecule has 0 saturated heterocycles. The second-order valence-corrected chi connectivity index (χ2v) is 6.01. The van der Waals surface area contributed by atoms with Crippen molar-refractivity contribution in [1.29, 1.82) is 0 Å². The van der Waals surface area contributed by atoms with E-state index in [4.69, 9.17) is 4.74 Å². The number of amides is 2. The van der Waals surface area contributed by atoms with Gasteiger partial charge >= 0.3 is 6.03 Å². The minimum atomic E-state index is -0.924. The lowest BCUT2D eigenvalue weighted by Crippen LogP contribution is -2.45. The van der Waals surface area contributed by atoms with Crippen LogP contribution in [0.4, 0.5) is 10.5 Å². The minimum absolute atomic E-state index is 0.0604. The first kappa shape index (κ1) is 17.3. The number of ether oxygens (including phenoxy) is 1. The summed E-state index contributed by atoms with van der Waals surface area (Å²) in [6.45, 7) is 9.64. The molecule has 0 radical (unpaired) electrons. The SMILES string of the molecule is CC(C)Oc1ccc(NC(=O)NCC(C)(O)C(C)C)cc1. The summed E-state index contributed by atoms with van der Waals surface area (Å²) in [5.74, 6) is 0.823. The largest absolute Gasteiger partial charge is 0.491 e. The summed E-state index contributed by atoms with van der Waals surface area (Å²) in [4.78, 5) is 11.8. The molecular weight excluding hydrogens is 268 g/mol. The van der Waals surface area contributed by atoms with E-state index in [1.54, 1.807) is 31.2 Å². The highest BCUT2D eigenvalue weighted by molar-refractivity contribution is 5.89. The summed E-state index contributed by atoms with van der Waals surface area (Å²) in [5, 5.41) is 15.5. The number of benzene rings is 1. The molecule has 0 aliphatic rings. The molecule has 0 fully saturated rings. The number of rotatable bonds is 6. The average molecular weight is 294 g/mol. The molecule has 0 saturated carbocycles. The number of nitrogens with one attached hydrogen (secondary N) is 2. The fourth-order valence-corrected chi connectivity index (χ4v) is 1.53. The third kappa shape index (κ3) is 6.04. The molecule has 0 heterocycles. The molecular formula is C16H26N2O3. The van der Waals surface area contributed by atoms with Crippen LogP contribution in [0.2, 0.25) is 0 Å². The number of hydrogen-bond acceptors (Lipinski definition) is 3. The summed E-state index contributed by atoms with van der Waals surface area (Å²) >= 11 is 0. The van der Waals surface area contributed by atoms with Gasteiger partial charge in [0.2, 0.25) is 0 Å². The fourth-order valence-electron chi connectivity index (χ4n) is 1.53. The molecule has 0 aliphatic carbocycles. The summed E-state index contributed by atoms with van der Waals surface area (Å²) < 4.78 is 5.53. The van der Waals surface area contributed by atoms with Crippen molar-refractivity contribution >= 4 is 11.7 Å². The quantitative estimate of drug-likeness (QED) is 0.755. The van der Waals surface area contributed by atoms with Crippen LogP contribution in [-0.4, -0.2) is 29.4 Å². The van der Waals surface area contributed by atoms with Crippen LogP contribution in [0.25, 0.3) is 0 Å². The van der Waals surface area contributed by atoms with Crippen molar-refractivity contribution in [2.24, 2.45) is 5.92 Å². The number of carbonyl (C=O) groups excluding carboxylic acids is 1. The normalized spacial score (nSPS) is 13.9. The van der Waals surface area contributed by atoms with E-state index in [1.807, 2.05) is 27.7 Å². The molecule has 21 heavy (non-hydrogen) atoms. The predicted octanol–water partition coefficient (Wildman–Crippen LogP) is 3.00. The van der Waals surface area contributed by atoms with Crippen molar-refractivity contribution in [1.82, 2.24) is 5.32 Å². The zero-order chi connectivity index (χ0) is 16.0. The first-order chi connectivity index (χ1) is 9.70. The second kappa shape index (κ2) is 7.31. The van der Waals surface area contributed by atoms with Gasteiger partial charge in [0.05, 0.1) is 11.7 Å². The van der Waals surface area contributed by atoms with Gasteiger partial charge in [0.25, 0.3) is 0 Å². The third-order valence-electron chi connectivity index (χ3n) is 3.33. The Kier molecular flexibility index (Phi) is 6.03. The van der Waals surface area contributed by atoms with Gasteiger partial charge < -0.3 is 20.5 Å². The minimum Gasteiger partial charge on any atom is -0.491 e. The number of carbonyl (C=O) groups is 1. The van der Waals surface area contributed by atoms with E-state index in [1.165, 1.54) is 0 Å². The van der Waals surface area contributed by atoms with Crippen LogP contribution in [0, 0.1) is 5.92 Å². The van der Waals surface area contributed by atoms with Crippen LogP contribution < -0.4 is 15.4 Å². The fraction of sp³-hybridized carbons (Fsp3) is 0.562. The van der Waals surface area contributed by atoms with E-state index < -0.39 is 5.60 Å². The molecule has 0 aromatic heterocycles. The van der Waals surface area contributed by atoms with Gasteiger partial charge in [0.15, 0.2) is 0 Å². The third-order valence-corrected chi connectivity index (χ3v) is 3.33. The van der Waals surface area contributed by atoms with Crippen molar-refractivity contribution in [3.63, 3.8) is 0 Å². The summed E-state index contributed by atoms with van der Waals surface area (Å²) in [5.41, 5.74) is -0.250. The molecule has 1 aromatic rings. The Morgan fingerprint density at radius 2 is 1.81 bits per heavy atom. The van der Waals surface area contributed by atoms with E-state index in [-0.39, 0.29) is 24.6 Å². The van der Waals surface area contributed by atoms with Crippen LogP contribution in [0.5, 0.6) is 5.75 Å². The Labute approximate surface area is 126 Å². The first-order valence-corrected chi connectivity index (χ1v) is 7.24. The Morgan fingerprint density at radius 1 is 1.24 bits per heavy atom. The lowest BCUT2D eigenvalue weighted by Gasteiger charge is -2.27. The van der Waals surface area contributed by atoms with Crippen molar-refractivity contribution < 1.29 is 14.6 Å². The van der Waals surface area contributed by atoms with Gasteiger partial charge in [-0.1, -0.05) is 13.8 Å². The van der Waals surface area contributed by atoms with Gasteiger partial charge in [-0.3, -0.25) is 0 Å². The average Bonchev–Trinajstić information content (AvgIpc) is 2.38.